The third kappa shape index (κ3) is 8.40. The molecule has 0 radical (unpaired) electrons. The molecule has 0 saturated heterocycles. The second-order valence-corrected chi connectivity index (χ2v) is 7.50. The summed E-state index contributed by atoms with van der Waals surface area (Å²) < 4.78 is 14.9. The monoisotopic (exact) mass is 461 g/mol. The molecule has 2 rings (SSSR count). The largest absolute Gasteiger partial charge is 0.463 e. The number of rotatable bonds is 12. The van der Waals surface area contributed by atoms with Crippen LogP contribution >= 0.6 is 0 Å². The fraction of sp³-hybridized carbons (Fsp3) is 0.435. The maximum atomic E-state index is 12.4. The van der Waals surface area contributed by atoms with Gasteiger partial charge in [0.1, 0.15) is 0 Å². The fourth-order valence-electron chi connectivity index (χ4n) is 2.96. The summed E-state index contributed by atoms with van der Waals surface area (Å²) in [5.74, 6) is -2.84. The standard InChI is InChI=1S/C23H27NO9/c1-15-6-7-20-13-18(8-9-19(20)12-15)16(2)22(26)31-14-21(25)33-17(3)23(27)30-10-4-5-11-32-24(28)29/h6-9,12-13,16-17H,4-5,10-11,14H2,1-3H3. The highest BCUT2D eigenvalue weighted by Crippen LogP contribution is 2.23. The maximum absolute atomic E-state index is 12.4. The van der Waals surface area contributed by atoms with Gasteiger partial charge in [-0.1, -0.05) is 42.0 Å². The van der Waals surface area contributed by atoms with E-state index < -0.39 is 41.6 Å². The van der Waals surface area contributed by atoms with Gasteiger partial charge in [0, 0.05) is 0 Å². The number of esters is 3. The SMILES string of the molecule is Cc1ccc2cc(C(C)C(=O)OCC(=O)OC(C)C(=O)OCCCCO[N+](=O)[O-])ccc2c1. The lowest BCUT2D eigenvalue weighted by Gasteiger charge is -2.15. The summed E-state index contributed by atoms with van der Waals surface area (Å²) in [7, 11) is 0. The molecule has 0 N–H and O–H groups in total. The summed E-state index contributed by atoms with van der Waals surface area (Å²) in [4.78, 5) is 50.3. The molecule has 0 aliphatic heterocycles. The molecule has 0 aliphatic rings. The third-order valence-corrected chi connectivity index (χ3v) is 4.83. The predicted octanol–water partition coefficient (Wildman–Crippen LogP) is 3.26. The second-order valence-electron chi connectivity index (χ2n) is 7.50. The van der Waals surface area contributed by atoms with Gasteiger partial charge >= 0.3 is 17.9 Å². The van der Waals surface area contributed by atoms with Crippen LogP contribution in [0.1, 0.15) is 43.7 Å². The molecule has 0 aromatic heterocycles. The number of benzene rings is 2. The van der Waals surface area contributed by atoms with Gasteiger partial charge < -0.3 is 19.0 Å². The molecule has 0 amide bonds. The van der Waals surface area contributed by atoms with Gasteiger partial charge in [0.05, 0.1) is 19.1 Å². The van der Waals surface area contributed by atoms with Crippen molar-refractivity contribution in [1.82, 2.24) is 0 Å². The van der Waals surface area contributed by atoms with E-state index in [0.29, 0.717) is 12.8 Å². The quantitative estimate of drug-likeness (QED) is 0.154. The Morgan fingerprint density at radius 1 is 0.939 bits per heavy atom. The van der Waals surface area contributed by atoms with Gasteiger partial charge in [-0.25, -0.2) is 9.59 Å². The van der Waals surface area contributed by atoms with E-state index in [4.69, 9.17) is 14.2 Å². The number of carbonyl (C=O) groups excluding carboxylic acids is 3. The third-order valence-electron chi connectivity index (χ3n) is 4.83. The molecule has 2 atom stereocenters. The zero-order valence-corrected chi connectivity index (χ0v) is 18.8. The smallest absolute Gasteiger partial charge is 0.347 e. The Hall–Kier alpha value is -3.69. The molecule has 10 heteroatoms. The van der Waals surface area contributed by atoms with Crippen molar-refractivity contribution in [2.24, 2.45) is 0 Å². The Balaban J connectivity index is 1.73. The second kappa shape index (κ2) is 12.4. The highest BCUT2D eigenvalue weighted by Gasteiger charge is 2.22. The summed E-state index contributed by atoms with van der Waals surface area (Å²) in [6.45, 7) is 4.28. The molecule has 0 saturated carbocycles. The number of aryl methyl sites for hydroxylation is 1. The first-order chi connectivity index (χ1) is 15.7. The van der Waals surface area contributed by atoms with Crippen molar-refractivity contribution in [2.45, 2.75) is 45.6 Å². The molecule has 2 aromatic rings. The molecule has 0 aliphatic carbocycles. The lowest BCUT2D eigenvalue weighted by molar-refractivity contribution is -0.757. The first-order valence-electron chi connectivity index (χ1n) is 10.5. The van der Waals surface area contributed by atoms with E-state index in [1.54, 1.807) is 6.92 Å². The van der Waals surface area contributed by atoms with Crippen molar-refractivity contribution in [3.05, 3.63) is 57.6 Å². The van der Waals surface area contributed by atoms with E-state index in [9.17, 15) is 24.5 Å². The average Bonchev–Trinajstić information content (AvgIpc) is 2.78. The first kappa shape index (κ1) is 25.6. The Bertz CT molecular complexity index is 1000. The van der Waals surface area contributed by atoms with Crippen molar-refractivity contribution in [1.29, 1.82) is 0 Å². The minimum absolute atomic E-state index is 0.000372. The minimum atomic E-state index is -1.19. The van der Waals surface area contributed by atoms with Crippen molar-refractivity contribution in [3.8, 4) is 0 Å². The summed E-state index contributed by atoms with van der Waals surface area (Å²) in [6.07, 6.45) is -0.509. The van der Waals surface area contributed by atoms with E-state index in [-0.39, 0.29) is 13.2 Å². The molecule has 0 bridgehead atoms. The van der Waals surface area contributed by atoms with E-state index in [0.717, 1.165) is 21.9 Å². The molecule has 178 valence electrons. The van der Waals surface area contributed by atoms with Gasteiger partial charge in [0.25, 0.3) is 5.09 Å². The van der Waals surface area contributed by atoms with E-state index >= 15 is 0 Å². The van der Waals surface area contributed by atoms with Gasteiger partial charge in [0.2, 0.25) is 0 Å². The normalized spacial score (nSPS) is 12.5. The van der Waals surface area contributed by atoms with E-state index in [1.807, 2.05) is 37.3 Å². The number of unbranched alkanes of at least 4 members (excludes halogenated alkanes) is 1. The number of hydrogen-bond acceptors (Lipinski definition) is 9. The lowest BCUT2D eigenvalue weighted by atomic mass is 9.97. The Kier molecular flexibility index (Phi) is 9.59. The molecular formula is C23H27NO9. The molecule has 0 spiro atoms. The topological polar surface area (TPSA) is 131 Å². The number of hydrogen-bond donors (Lipinski definition) is 0. The highest BCUT2D eigenvalue weighted by molar-refractivity contribution is 5.87. The Labute approximate surface area is 190 Å². The molecule has 0 heterocycles. The van der Waals surface area contributed by atoms with Gasteiger partial charge in [0.15, 0.2) is 12.7 Å². The van der Waals surface area contributed by atoms with E-state index in [2.05, 4.69) is 10.9 Å². The van der Waals surface area contributed by atoms with Crippen molar-refractivity contribution < 1.29 is 38.5 Å². The average molecular weight is 461 g/mol. The van der Waals surface area contributed by atoms with Gasteiger partial charge in [-0.05, 0) is 49.9 Å². The van der Waals surface area contributed by atoms with Crippen LogP contribution in [0.15, 0.2) is 36.4 Å². The molecule has 2 unspecified atom stereocenters. The summed E-state index contributed by atoms with van der Waals surface area (Å²) >= 11 is 0. The lowest BCUT2D eigenvalue weighted by Crippen LogP contribution is -2.29. The van der Waals surface area contributed by atoms with Crippen LogP contribution in [0.3, 0.4) is 0 Å². The summed E-state index contributed by atoms with van der Waals surface area (Å²) in [6, 6.07) is 11.7. The molecule has 0 fully saturated rings. The zero-order chi connectivity index (χ0) is 24.4. The van der Waals surface area contributed by atoms with Crippen LogP contribution in [-0.2, 0) is 33.4 Å². The molecule has 2 aromatic carbocycles. The van der Waals surface area contributed by atoms with E-state index in [1.165, 1.54) is 6.92 Å². The minimum Gasteiger partial charge on any atom is -0.463 e. The van der Waals surface area contributed by atoms with Crippen LogP contribution in [0.25, 0.3) is 10.8 Å². The predicted molar refractivity (Wildman–Crippen MR) is 117 cm³/mol. The summed E-state index contributed by atoms with van der Waals surface area (Å²) in [5, 5.41) is 11.2. The number of fused-ring (bicyclic) bond motifs is 1. The van der Waals surface area contributed by atoms with Crippen LogP contribution in [-0.4, -0.2) is 48.9 Å². The van der Waals surface area contributed by atoms with Crippen LogP contribution in [0, 0.1) is 17.0 Å². The number of nitrogens with zero attached hydrogens (tertiary/aromatic N) is 1. The van der Waals surface area contributed by atoms with Crippen molar-refractivity contribution >= 4 is 28.7 Å². The Morgan fingerprint density at radius 3 is 2.33 bits per heavy atom. The van der Waals surface area contributed by atoms with Crippen LogP contribution < -0.4 is 0 Å². The maximum Gasteiger partial charge on any atom is 0.347 e. The van der Waals surface area contributed by atoms with Crippen molar-refractivity contribution in [2.75, 3.05) is 19.8 Å². The highest BCUT2D eigenvalue weighted by atomic mass is 16.9. The number of carbonyl (C=O) groups is 3. The van der Waals surface area contributed by atoms with Crippen LogP contribution in [0.5, 0.6) is 0 Å². The van der Waals surface area contributed by atoms with Gasteiger partial charge in [-0.3, -0.25) is 4.79 Å². The molecule has 10 nitrogen and oxygen atoms in total. The fourth-order valence-corrected chi connectivity index (χ4v) is 2.96. The van der Waals surface area contributed by atoms with Gasteiger partial charge in [-0.2, -0.15) is 0 Å². The van der Waals surface area contributed by atoms with Crippen molar-refractivity contribution in [3.63, 3.8) is 0 Å². The Morgan fingerprint density at radius 2 is 1.61 bits per heavy atom. The number of ether oxygens (including phenoxy) is 3. The van der Waals surface area contributed by atoms with Gasteiger partial charge in [-0.15, -0.1) is 10.1 Å². The van der Waals surface area contributed by atoms with Crippen LogP contribution in [0.4, 0.5) is 0 Å². The molecule has 33 heavy (non-hydrogen) atoms. The zero-order valence-electron chi connectivity index (χ0n) is 18.8. The molecular weight excluding hydrogens is 434 g/mol. The first-order valence-corrected chi connectivity index (χ1v) is 10.5. The van der Waals surface area contributed by atoms with Crippen LogP contribution in [0.2, 0.25) is 0 Å². The summed E-state index contributed by atoms with van der Waals surface area (Å²) in [5.41, 5.74) is 1.90.